The van der Waals surface area contributed by atoms with Gasteiger partial charge in [0.2, 0.25) is 5.95 Å². The van der Waals surface area contributed by atoms with Crippen molar-refractivity contribution >= 4 is 17.7 Å². The number of benzene rings is 1. The van der Waals surface area contributed by atoms with Crippen LogP contribution in [0, 0.1) is 0 Å². The smallest absolute Gasteiger partial charge is 0.378 e. The highest BCUT2D eigenvalue weighted by Crippen LogP contribution is 2.33. The molecule has 0 radical (unpaired) electrons. The molecule has 0 saturated carbocycles. The molecule has 3 aliphatic heterocycles. The summed E-state index contributed by atoms with van der Waals surface area (Å²) in [4.78, 5) is 28.8. The molecule has 2 aromatic rings. The third-order valence-corrected chi connectivity index (χ3v) is 6.45. The zero-order valence-corrected chi connectivity index (χ0v) is 18.3. The maximum Gasteiger partial charge on any atom is 0.416 e. The molecule has 5 rings (SSSR count). The van der Waals surface area contributed by atoms with E-state index in [2.05, 4.69) is 9.80 Å². The fourth-order valence-corrected chi connectivity index (χ4v) is 4.66. The number of halogens is 3. The molecule has 0 bridgehead atoms. The second kappa shape index (κ2) is 8.81. The first-order valence-electron chi connectivity index (χ1n) is 11.3. The van der Waals surface area contributed by atoms with E-state index in [1.807, 2.05) is 0 Å². The Morgan fingerprint density at radius 2 is 1.73 bits per heavy atom. The summed E-state index contributed by atoms with van der Waals surface area (Å²) >= 11 is 0. The van der Waals surface area contributed by atoms with Crippen LogP contribution in [-0.2, 0) is 23.9 Å². The van der Waals surface area contributed by atoms with Gasteiger partial charge < -0.3 is 19.4 Å². The Labute approximate surface area is 190 Å². The van der Waals surface area contributed by atoms with Crippen molar-refractivity contribution in [1.29, 1.82) is 0 Å². The van der Waals surface area contributed by atoms with Crippen molar-refractivity contribution in [1.82, 2.24) is 14.9 Å². The number of amides is 1. The first-order chi connectivity index (χ1) is 15.9. The molecule has 2 fully saturated rings. The number of morpholine rings is 1. The average Bonchev–Trinajstić information content (AvgIpc) is 3.38. The van der Waals surface area contributed by atoms with Crippen molar-refractivity contribution in [3.63, 3.8) is 0 Å². The number of ether oxygens (including phenoxy) is 1. The van der Waals surface area contributed by atoms with E-state index in [9.17, 15) is 18.0 Å². The van der Waals surface area contributed by atoms with Gasteiger partial charge in [-0.25, -0.2) is 4.98 Å². The van der Waals surface area contributed by atoms with Gasteiger partial charge in [-0.15, -0.1) is 0 Å². The Morgan fingerprint density at radius 1 is 0.970 bits per heavy atom. The van der Waals surface area contributed by atoms with E-state index < -0.39 is 17.6 Å². The van der Waals surface area contributed by atoms with Crippen LogP contribution in [0.1, 0.15) is 40.0 Å². The van der Waals surface area contributed by atoms with Gasteiger partial charge in [0, 0.05) is 50.3 Å². The first kappa shape index (κ1) is 21.9. The van der Waals surface area contributed by atoms with Gasteiger partial charge in [0.25, 0.3) is 5.91 Å². The predicted molar refractivity (Wildman–Crippen MR) is 116 cm³/mol. The molecule has 0 spiro atoms. The van der Waals surface area contributed by atoms with Crippen LogP contribution in [0.15, 0.2) is 24.3 Å². The quantitative estimate of drug-likeness (QED) is 0.700. The number of hydrogen-bond donors (Lipinski definition) is 0. The summed E-state index contributed by atoms with van der Waals surface area (Å²) in [7, 11) is 0. The van der Waals surface area contributed by atoms with E-state index in [0.29, 0.717) is 39.3 Å². The molecule has 33 heavy (non-hydrogen) atoms. The SMILES string of the molecule is O=C(c1cccc(C(F)(F)F)c1)N1CCc2nc(N3CCCC3)nc(N3CCOCC3)c2C1. The van der Waals surface area contributed by atoms with Crippen LogP contribution in [0.25, 0.3) is 0 Å². The van der Waals surface area contributed by atoms with E-state index in [4.69, 9.17) is 14.7 Å². The Balaban J connectivity index is 1.45. The fourth-order valence-electron chi connectivity index (χ4n) is 4.66. The highest BCUT2D eigenvalue weighted by atomic mass is 19.4. The van der Waals surface area contributed by atoms with Gasteiger partial charge in [-0.1, -0.05) is 6.07 Å². The van der Waals surface area contributed by atoms with Crippen LogP contribution in [0.4, 0.5) is 24.9 Å². The average molecular weight is 461 g/mol. The van der Waals surface area contributed by atoms with Crippen molar-refractivity contribution in [2.75, 3.05) is 55.7 Å². The van der Waals surface area contributed by atoms with Crippen LogP contribution >= 0.6 is 0 Å². The van der Waals surface area contributed by atoms with E-state index in [1.54, 1.807) is 4.90 Å². The number of alkyl halides is 3. The summed E-state index contributed by atoms with van der Waals surface area (Å²) in [6.07, 6.45) is -1.71. The Morgan fingerprint density at radius 3 is 2.45 bits per heavy atom. The highest BCUT2D eigenvalue weighted by molar-refractivity contribution is 5.94. The molecule has 3 aliphatic rings. The Hall–Kier alpha value is -2.88. The van der Waals surface area contributed by atoms with Crippen molar-refractivity contribution in [3.8, 4) is 0 Å². The number of hydrogen-bond acceptors (Lipinski definition) is 6. The number of anilines is 2. The second-order valence-electron chi connectivity index (χ2n) is 8.62. The second-order valence-corrected chi connectivity index (χ2v) is 8.62. The molecule has 1 amide bonds. The number of aromatic nitrogens is 2. The van der Waals surface area contributed by atoms with Gasteiger partial charge in [0.15, 0.2) is 0 Å². The zero-order chi connectivity index (χ0) is 23.0. The Bertz CT molecular complexity index is 1030. The minimum Gasteiger partial charge on any atom is -0.378 e. The van der Waals surface area contributed by atoms with Crippen molar-refractivity contribution in [3.05, 3.63) is 46.6 Å². The molecule has 7 nitrogen and oxygen atoms in total. The summed E-state index contributed by atoms with van der Waals surface area (Å²) in [6, 6.07) is 4.61. The monoisotopic (exact) mass is 461 g/mol. The third kappa shape index (κ3) is 4.48. The lowest BCUT2D eigenvalue weighted by molar-refractivity contribution is -0.137. The number of carbonyl (C=O) groups is 1. The Kier molecular flexibility index (Phi) is 5.86. The lowest BCUT2D eigenvalue weighted by Gasteiger charge is -2.35. The van der Waals surface area contributed by atoms with E-state index in [0.717, 1.165) is 61.1 Å². The van der Waals surface area contributed by atoms with Crippen LogP contribution in [0.5, 0.6) is 0 Å². The lowest BCUT2D eigenvalue weighted by Crippen LogP contribution is -2.41. The summed E-state index contributed by atoms with van der Waals surface area (Å²) in [5.74, 6) is 1.13. The third-order valence-electron chi connectivity index (χ3n) is 6.45. The summed E-state index contributed by atoms with van der Waals surface area (Å²) in [6.45, 7) is 5.14. The van der Waals surface area contributed by atoms with Crippen LogP contribution in [0.2, 0.25) is 0 Å². The van der Waals surface area contributed by atoms with Gasteiger partial charge in [-0.3, -0.25) is 4.79 Å². The normalized spacial score (nSPS) is 19.1. The molecule has 0 aliphatic carbocycles. The van der Waals surface area contributed by atoms with E-state index in [1.165, 1.54) is 12.1 Å². The molecular weight excluding hydrogens is 435 g/mol. The molecule has 0 unspecified atom stereocenters. The van der Waals surface area contributed by atoms with Gasteiger partial charge >= 0.3 is 6.18 Å². The molecule has 1 aromatic carbocycles. The number of fused-ring (bicyclic) bond motifs is 1. The molecule has 2 saturated heterocycles. The molecule has 0 N–H and O–H groups in total. The van der Waals surface area contributed by atoms with Crippen molar-refractivity contribution in [2.45, 2.75) is 32.0 Å². The lowest BCUT2D eigenvalue weighted by atomic mass is 10.0. The number of nitrogens with zero attached hydrogens (tertiary/aromatic N) is 5. The molecule has 10 heteroatoms. The predicted octanol–water partition coefficient (Wildman–Crippen LogP) is 3.13. The van der Waals surface area contributed by atoms with Crippen molar-refractivity contribution < 1.29 is 22.7 Å². The van der Waals surface area contributed by atoms with Crippen molar-refractivity contribution in [2.24, 2.45) is 0 Å². The summed E-state index contributed by atoms with van der Waals surface area (Å²) < 4.78 is 44.9. The highest BCUT2D eigenvalue weighted by Gasteiger charge is 2.33. The minimum atomic E-state index is -4.49. The van der Waals surface area contributed by atoms with E-state index >= 15 is 0 Å². The molecule has 0 atom stereocenters. The summed E-state index contributed by atoms with van der Waals surface area (Å²) in [5.41, 5.74) is 1.02. The molecular formula is C23H26F3N5O2. The van der Waals surface area contributed by atoms with Gasteiger partial charge in [-0.05, 0) is 31.0 Å². The molecule has 4 heterocycles. The van der Waals surface area contributed by atoms with Crippen LogP contribution in [0.3, 0.4) is 0 Å². The number of carbonyl (C=O) groups excluding carboxylic acids is 1. The standard InChI is InChI=1S/C23H26F3N5O2/c24-23(25,26)17-5-3-4-16(14-17)21(32)31-9-6-19-18(15-31)20(29-10-12-33-13-11-29)28-22(27-19)30-7-1-2-8-30/h3-5,14H,1-2,6-13,15H2. The van der Waals surface area contributed by atoms with Crippen LogP contribution < -0.4 is 9.80 Å². The topological polar surface area (TPSA) is 61.8 Å². The largest absolute Gasteiger partial charge is 0.416 e. The first-order valence-corrected chi connectivity index (χ1v) is 11.3. The molecule has 1 aromatic heterocycles. The maximum atomic E-state index is 13.1. The number of rotatable bonds is 3. The van der Waals surface area contributed by atoms with Crippen LogP contribution in [-0.4, -0.2) is 66.7 Å². The minimum absolute atomic E-state index is 0.0378. The van der Waals surface area contributed by atoms with Gasteiger partial charge in [0.05, 0.1) is 31.0 Å². The molecule has 176 valence electrons. The van der Waals surface area contributed by atoms with Gasteiger partial charge in [0.1, 0.15) is 5.82 Å². The maximum absolute atomic E-state index is 13.1. The fraction of sp³-hybridized carbons (Fsp3) is 0.522. The van der Waals surface area contributed by atoms with E-state index in [-0.39, 0.29) is 12.1 Å². The summed E-state index contributed by atoms with van der Waals surface area (Å²) in [5, 5.41) is 0. The van der Waals surface area contributed by atoms with Gasteiger partial charge in [-0.2, -0.15) is 18.2 Å². The zero-order valence-electron chi connectivity index (χ0n) is 18.3.